The van der Waals surface area contributed by atoms with Crippen LogP contribution in [0.4, 0.5) is 0 Å². The summed E-state index contributed by atoms with van der Waals surface area (Å²) in [6.07, 6.45) is 0. The number of piperazine rings is 1. The molecule has 0 spiro atoms. The summed E-state index contributed by atoms with van der Waals surface area (Å²) in [5.74, 6) is 0. The molecule has 0 aromatic heterocycles. The van der Waals surface area contributed by atoms with E-state index >= 15 is 0 Å². The Kier molecular flexibility index (Phi) is 6.98. The van der Waals surface area contributed by atoms with Crippen LogP contribution in [0.2, 0.25) is 0 Å². The summed E-state index contributed by atoms with van der Waals surface area (Å²) >= 11 is 0. The van der Waals surface area contributed by atoms with Crippen LogP contribution < -0.4 is 0 Å². The molecule has 1 unspecified atom stereocenters. The van der Waals surface area contributed by atoms with Crippen LogP contribution in [0.3, 0.4) is 0 Å². The number of rotatable bonds is 3. The molecular weight excluding hydrogens is 392 g/mol. The van der Waals surface area contributed by atoms with Crippen LogP contribution in [-0.4, -0.2) is 44.3 Å². The summed E-state index contributed by atoms with van der Waals surface area (Å²) in [5, 5.41) is 0. The number of halogens is 1. The van der Waals surface area contributed by atoms with Crippen LogP contribution in [0.25, 0.3) is 0 Å². The summed E-state index contributed by atoms with van der Waals surface area (Å²) in [4.78, 5) is 2.70. The number of likely N-dealkylation sites (N-methyl/N-ethyl adjacent to an activating group) is 1. The van der Waals surface area contributed by atoms with E-state index < -0.39 is 10.0 Å². The van der Waals surface area contributed by atoms with E-state index in [1.54, 1.807) is 4.31 Å². The van der Waals surface area contributed by atoms with Crippen LogP contribution in [-0.2, 0) is 10.0 Å². The minimum atomic E-state index is -3.60. The van der Waals surface area contributed by atoms with E-state index in [1.807, 2.05) is 58.0 Å². The first-order chi connectivity index (χ1) is 12.7. The second kappa shape index (κ2) is 8.54. The molecule has 154 valence electrons. The smallest absolute Gasteiger partial charge is 0.244 e. The van der Waals surface area contributed by atoms with E-state index in [9.17, 15) is 8.42 Å². The van der Waals surface area contributed by atoms with Gasteiger partial charge in [0.05, 0.1) is 10.9 Å². The fourth-order valence-electron chi connectivity index (χ4n) is 4.11. The molecule has 1 aliphatic heterocycles. The normalized spacial score (nSPS) is 18.7. The third kappa shape index (κ3) is 3.86. The quantitative estimate of drug-likeness (QED) is 0.739. The van der Waals surface area contributed by atoms with Gasteiger partial charge in [-0.15, -0.1) is 12.4 Å². The van der Waals surface area contributed by atoms with Crippen molar-refractivity contribution >= 4 is 22.4 Å². The molecule has 28 heavy (non-hydrogen) atoms. The Labute approximate surface area is 176 Å². The maximum absolute atomic E-state index is 13.8. The largest absolute Gasteiger partial charge is 0.303 e. The lowest BCUT2D eigenvalue weighted by Gasteiger charge is -2.40. The van der Waals surface area contributed by atoms with Gasteiger partial charge >= 0.3 is 0 Å². The minimum absolute atomic E-state index is 0. The number of nitrogens with zero attached hydrogens (tertiary/aromatic N) is 2. The summed E-state index contributed by atoms with van der Waals surface area (Å²) in [6, 6.07) is 9.80. The van der Waals surface area contributed by atoms with Gasteiger partial charge < -0.3 is 4.90 Å². The Hall–Kier alpha value is -1.40. The van der Waals surface area contributed by atoms with Crippen LogP contribution in [0.5, 0.6) is 0 Å². The van der Waals surface area contributed by atoms with Crippen molar-refractivity contribution in [1.29, 1.82) is 0 Å². The second-order valence-electron chi connectivity index (χ2n) is 7.76. The molecule has 1 fully saturated rings. The topological polar surface area (TPSA) is 40.6 Å². The number of hydrogen-bond donors (Lipinski definition) is 0. The van der Waals surface area contributed by atoms with Gasteiger partial charge in [-0.2, -0.15) is 4.31 Å². The molecule has 0 N–H and O–H groups in total. The molecule has 0 aliphatic carbocycles. The van der Waals surface area contributed by atoms with Crippen molar-refractivity contribution in [2.75, 3.05) is 26.7 Å². The van der Waals surface area contributed by atoms with Gasteiger partial charge in [0.1, 0.15) is 0 Å². The standard InChI is InChI=1S/C22H30N2O2S.ClH/c1-15-16(2)18(4)22(19(5)17(15)3)27(25,26)24-13-12-23(6)14-21(24)20-10-8-7-9-11-20;/h7-11,21H,12-14H2,1-6H3;1H. The van der Waals surface area contributed by atoms with Crippen molar-refractivity contribution < 1.29 is 8.42 Å². The van der Waals surface area contributed by atoms with Crippen molar-refractivity contribution in [2.45, 2.75) is 45.6 Å². The lowest BCUT2D eigenvalue weighted by molar-refractivity contribution is 0.160. The number of sulfonamides is 1. The van der Waals surface area contributed by atoms with Gasteiger partial charge in [0.15, 0.2) is 0 Å². The molecule has 1 saturated heterocycles. The highest BCUT2D eigenvalue weighted by Crippen LogP contribution is 2.36. The molecular formula is C22H31ClN2O2S. The number of hydrogen-bond acceptors (Lipinski definition) is 3. The SMILES string of the molecule is Cc1c(C)c(C)c(S(=O)(=O)N2CCN(C)CC2c2ccccc2)c(C)c1C.Cl. The summed E-state index contributed by atoms with van der Waals surface area (Å²) in [6.45, 7) is 11.9. The Balaban J connectivity index is 0.00000280. The Bertz CT molecular complexity index is 929. The van der Waals surface area contributed by atoms with E-state index in [2.05, 4.69) is 18.9 Å². The third-order valence-electron chi connectivity index (χ3n) is 6.22. The summed E-state index contributed by atoms with van der Waals surface area (Å²) < 4.78 is 29.4. The van der Waals surface area contributed by atoms with Gasteiger partial charge in [0, 0.05) is 19.6 Å². The first-order valence-electron chi connectivity index (χ1n) is 9.48. The molecule has 0 radical (unpaired) electrons. The van der Waals surface area contributed by atoms with Crippen molar-refractivity contribution in [1.82, 2.24) is 9.21 Å². The maximum Gasteiger partial charge on any atom is 0.244 e. The van der Waals surface area contributed by atoms with Crippen molar-refractivity contribution in [3.63, 3.8) is 0 Å². The van der Waals surface area contributed by atoms with Gasteiger partial charge in [-0.25, -0.2) is 8.42 Å². The van der Waals surface area contributed by atoms with E-state index in [4.69, 9.17) is 0 Å². The summed E-state index contributed by atoms with van der Waals surface area (Å²) in [7, 11) is -1.55. The lowest BCUT2D eigenvalue weighted by atomic mass is 9.95. The molecule has 0 bridgehead atoms. The molecule has 0 saturated carbocycles. The highest BCUT2D eigenvalue weighted by molar-refractivity contribution is 7.89. The highest BCUT2D eigenvalue weighted by atomic mass is 35.5. The predicted octanol–water partition coefficient (Wildman–Crippen LogP) is 4.33. The molecule has 1 atom stereocenters. The number of benzene rings is 2. The lowest BCUT2D eigenvalue weighted by Crippen LogP contribution is -2.49. The average Bonchev–Trinajstić information content (AvgIpc) is 2.65. The molecule has 1 aliphatic rings. The second-order valence-corrected chi connectivity index (χ2v) is 9.59. The fraction of sp³-hybridized carbons (Fsp3) is 0.455. The predicted molar refractivity (Wildman–Crippen MR) is 118 cm³/mol. The van der Waals surface area contributed by atoms with Crippen molar-refractivity contribution in [2.24, 2.45) is 0 Å². The first-order valence-corrected chi connectivity index (χ1v) is 10.9. The molecule has 2 aromatic carbocycles. The van der Waals surface area contributed by atoms with Gasteiger partial charge in [0.2, 0.25) is 10.0 Å². The fourth-order valence-corrected chi connectivity index (χ4v) is 6.27. The average molecular weight is 423 g/mol. The Morgan fingerprint density at radius 1 is 0.821 bits per heavy atom. The van der Waals surface area contributed by atoms with E-state index in [0.29, 0.717) is 18.0 Å². The van der Waals surface area contributed by atoms with E-state index in [0.717, 1.165) is 34.4 Å². The van der Waals surface area contributed by atoms with E-state index in [1.165, 1.54) is 5.56 Å². The molecule has 4 nitrogen and oxygen atoms in total. The molecule has 1 heterocycles. The van der Waals surface area contributed by atoms with Crippen molar-refractivity contribution in [3.05, 3.63) is 63.7 Å². The maximum atomic E-state index is 13.8. The minimum Gasteiger partial charge on any atom is -0.303 e. The zero-order chi connectivity index (χ0) is 19.9. The van der Waals surface area contributed by atoms with Gasteiger partial charge in [-0.05, 0) is 75.0 Å². The molecule has 3 rings (SSSR count). The molecule has 2 aromatic rings. The first kappa shape index (κ1) is 22.9. The Morgan fingerprint density at radius 2 is 1.32 bits per heavy atom. The summed E-state index contributed by atoms with van der Waals surface area (Å²) in [5.41, 5.74) is 6.12. The van der Waals surface area contributed by atoms with Gasteiger partial charge in [-0.1, -0.05) is 30.3 Å². The van der Waals surface area contributed by atoms with Gasteiger partial charge in [0.25, 0.3) is 0 Å². The zero-order valence-electron chi connectivity index (χ0n) is 17.6. The highest BCUT2D eigenvalue weighted by Gasteiger charge is 2.38. The van der Waals surface area contributed by atoms with Crippen LogP contribution >= 0.6 is 12.4 Å². The van der Waals surface area contributed by atoms with Crippen molar-refractivity contribution in [3.8, 4) is 0 Å². The van der Waals surface area contributed by atoms with Crippen LogP contribution in [0.15, 0.2) is 35.2 Å². The third-order valence-corrected chi connectivity index (χ3v) is 8.40. The van der Waals surface area contributed by atoms with E-state index in [-0.39, 0.29) is 18.4 Å². The molecule has 0 amide bonds. The van der Waals surface area contributed by atoms with Gasteiger partial charge in [-0.3, -0.25) is 0 Å². The van der Waals surface area contributed by atoms with Crippen LogP contribution in [0, 0.1) is 34.6 Å². The Morgan fingerprint density at radius 3 is 1.86 bits per heavy atom. The molecule has 6 heteroatoms. The monoisotopic (exact) mass is 422 g/mol. The van der Waals surface area contributed by atoms with Crippen LogP contribution in [0.1, 0.15) is 39.4 Å². The zero-order valence-corrected chi connectivity index (χ0v) is 19.2.